The summed E-state index contributed by atoms with van der Waals surface area (Å²) in [5, 5.41) is 0.244. The van der Waals surface area contributed by atoms with Crippen LogP contribution in [0.25, 0.3) is 0 Å². The fraction of sp³-hybridized carbons (Fsp3) is 0.400. The first-order valence-electron chi connectivity index (χ1n) is 9.14. The Labute approximate surface area is 161 Å². The van der Waals surface area contributed by atoms with Crippen molar-refractivity contribution >= 4 is 27.3 Å². The highest BCUT2D eigenvalue weighted by atomic mass is 35.5. The van der Waals surface area contributed by atoms with Gasteiger partial charge in [0.25, 0.3) is 0 Å². The Bertz CT molecular complexity index is 816. The first kappa shape index (κ1) is 19.2. The number of piperidine rings is 1. The molecule has 3 rings (SSSR count). The van der Waals surface area contributed by atoms with E-state index in [4.69, 9.17) is 11.6 Å². The van der Waals surface area contributed by atoms with Crippen molar-refractivity contribution in [2.24, 2.45) is 0 Å². The van der Waals surface area contributed by atoms with Gasteiger partial charge in [0.05, 0.1) is 5.02 Å². The lowest BCUT2D eigenvalue weighted by molar-refractivity contribution is 0.577. The fourth-order valence-electron chi connectivity index (χ4n) is 3.27. The van der Waals surface area contributed by atoms with Gasteiger partial charge >= 0.3 is 0 Å². The van der Waals surface area contributed by atoms with Crippen LogP contribution in [0.3, 0.4) is 0 Å². The van der Waals surface area contributed by atoms with Crippen LogP contribution >= 0.6 is 11.6 Å². The van der Waals surface area contributed by atoms with Crippen molar-refractivity contribution in [1.82, 2.24) is 4.72 Å². The van der Waals surface area contributed by atoms with Crippen LogP contribution in [0.2, 0.25) is 5.02 Å². The molecular formula is C20H25ClN2O2S. The molecule has 1 saturated heterocycles. The van der Waals surface area contributed by atoms with E-state index in [-0.39, 0.29) is 9.92 Å². The topological polar surface area (TPSA) is 49.4 Å². The number of aryl methyl sites for hydroxylation is 1. The van der Waals surface area contributed by atoms with Gasteiger partial charge in [-0.25, -0.2) is 13.1 Å². The van der Waals surface area contributed by atoms with E-state index >= 15 is 0 Å². The zero-order valence-corrected chi connectivity index (χ0v) is 16.4. The third-order valence-electron chi connectivity index (χ3n) is 4.72. The first-order chi connectivity index (χ1) is 12.6. The molecule has 1 heterocycles. The van der Waals surface area contributed by atoms with Crippen LogP contribution in [0.4, 0.5) is 5.69 Å². The van der Waals surface area contributed by atoms with Crippen LogP contribution in [-0.4, -0.2) is 28.1 Å². The number of sulfonamides is 1. The van der Waals surface area contributed by atoms with Crippen molar-refractivity contribution in [1.29, 1.82) is 0 Å². The summed E-state index contributed by atoms with van der Waals surface area (Å²) in [6.45, 7) is 2.67. The molecule has 4 nitrogen and oxygen atoms in total. The number of benzene rings is 2. The predicted molar refractivity (Wildman–Crippen MR) is 107 cm³/mol. The number of hydrogen-bond acceptors (Lipinski definition) is 3. The molecule has 0 atom stereocenters. The van der Waals surface area contributed by atoms with Gasteiger partial charge in [-0.2, -0.15) is 0 Å². The van der Waals surface area contributed by atoms with Gasteiger partial charge in [-0.05, 0) is 61.9 Å². The van der Waals surface area contributed by atoms with E-state index in [1.807, 2.05) is 0 Å². The Morgan fingerprint density at radius 2 is 1.65 bits per heavy atom. The Kier molecular flexibility index (Phi) is 6.57. The van der Waals surface area contributed by atoms with Crippen LogP contribution in [0, 0.1) is 0 Å². The van der Waals surface area contributed by atoms with Crippen molar-refractivity contribution in [3.05, 3.63) is 59.1 Å². The Morgan fingerprint density at radius 3 is 2.35 bits per heavy atom. The molecule has 140 valence electrons. The van der Waals surface area contributed by atoms with Crippen molar-refractivity contribution in [2.45, 2.75) is 37.0 Å². The summed E-state index contributed by atoms with van der Waals surface area (Å²) in [6.07, 6.45) is 5.46. The van der Waals surface area contributed by atoms with Gasteiger partial charge in [-0.15, -0.1) is 0 Å². The standard InChI is InChI=1S/C20H25ClN2O2S/c21-19-8-2-3-9-20(19)26(24,25)22-14-6-7-17-10-12-18(13-11-17)23-15-4-1-5-16-23/h2-3,8-13,22H,1,4-7,14-16H2. The Morgan fingerprint density at radius 1 is 0.962 bits per heavy atom. The third kappa shape index (κ3) is 5.00. The van der Waals surface area contributed by atoms with Gasteiger partial charge in [0.15, 0.2) is 0 Å². The predicted octanol–water partition coefficient (Wildman–Crippen LogP) is 4.24. The monoisotopic (exact) mass is 392 g/mol. The molecule has 0 aromatic heterocycles. The summed E-state index contributed by atoms with van der Waals surface area (Å²) in [5.41, 5.74) is 2.51. The summed E-state index contributed by atoms with van der Waals surface area (Å²) in [6, 6.07) is 15.1. The second-order valence-corrected chi connectivity index (χ2v) is 8.79. The quantitative estimate of drug-likeness (QED) is 0.717. The molecule has 0 saturated carbocycles. The second-order valence-electron chi connectivity index (χ2n) is 6.65. The van der Waals surface area contributed by atoms with Crippen LogP contribution in [0.5, 0.6) is 0 Å². The lowest BCUT2D eigenvalue weighted by atomic mass is 10.1. The fourth-order valence-corrected chi connectivity index (χ4v) is 4.86. The summed E-state index contributed by atoms with van der Waals surface area (Å²) in [4.78, 5) is 2.57. The maximum atomic E-state index is 12.3. The average Bonchev–Trinajstić information content (AvgIpc) is 2.67. The summed E-state index contributed by atoms with van der Waals surface area (Å²) >= 11 is 5.97. The van der Waals surface area contributed by atoms with Crippen LogP contribution in [0.1, 0.15) is 31.2 Å². The van der Waals surface area contributed by atoms with Gasteiger partial charge in [-0.1, -0.05) is 35.9 Å². The van der Waals surface area contributed by atoms with Gasteiger partial charge < -0.3 is 4.90 Å². The minimum Gasteiger partial charge on any atom is -0.372 e. The maximum Gasteiger partial charge on any atom is 0.242 e. The Balaban J connectivity index is 1.48. The molecular weight excluding hydrogens is 368 g/mol. The normalized spacial score (nSPS) is 15.2. The van der Waals surface area contributed by atoms with Crippen molar-refractivity contribution < 1.29 is 8.42 Å². The van der Waals surface area contributed by atoms with E-state index < -0.39 is 10.0 Å². The van der Waals surface area contributed by atoms with E-state index in [1.54, 1.807) is 18.2 Å². The van der Waals surface area contributed by atoms with Gasteiger partial charge in [0.2, 0.25) is 10.0 Å². The van der Waals surface area contributed by atoms with E-state index in [9.17, 15) is 8.42 Å². The SMILES string of the molecule is O=S(=O)(NCCCc1ccc(N2CCCCC2)cc1)c1ccccc1Cl. The molecule has 1 N–H and O–H groups in total. The van der Waals surface area contributed by atoms with Crippen molar-refractivity contribution in [2.75, 3.05) is 24.5 Å². The average molecular weight is 393 g/mol. The van der Waals surface area contributed by atoms with E-state index in [0.29, 0.717) is 6.54 Å². The minimum atomic E-state index is -3.56. The smallest absolute Gasteiger partial charge is 0.242 e. The molecule has 1 aliphatic rings. The minimum absolute atomic E-state index is 0.132. The number of anilines is 1. The molecule has 0 unspecified atom stereocenters. The molecule has 0 bridgehead atoms. The van der Waals surface area contributed by atoms with Gasteiger partial charge in [0.1, 0.15) is 4.90 Å². The van der Waals surface area contributed by atoms with Crippen molar-refractivity contribution in [3.8, 4) is 0 Å². The molecule has 1 aliphatic heterocycles. The second kappa shape index (κ2) is 8.89. The van der Waals surface area contributed by atoms with Gasteiger partial charge in [-0.3, -0.25) is 0 Å². The number of nitrogens with zero attached hydrogens (tertiary/aromatic N) is 1. The zero-order valence-electron chi connectivity index (χ0n) is 14.8. The van der Waals surface area contributed by atoms with Crippen LogP contribution < -0.4 is 9.62 Å². The highest BCUT2D eigenvalue weighted by Crippen LogP contribution is 2.21. The maximum absolute atomic E-state index is 12.3. The lowest BCUT2D eigenvalue weighted by Gasteiger charge is -2.28. The molecule has 0 aliphatic carbocycles. The zero-order chi connectivity index (χ0) is 18.4. The molecule has 26 heavy (non-hydrogen) atoms. The number of hydrogen-bond donors (Lipinski definition) is 1. The Hall–Kier alpha value is -1.56. The number of halogens is 1. The largest absolute Gasteiger partial charge is 0.372 e. The molecule has 6 heteroatoms. The van der Waals surface area contributed by atoms with Crippen molar-refractivity contribution in [3.63, 3.8) is 0 Å². The van der Waals surface area contributed by atoms with Crippen LogP contribution in [0.15, 0.2) is 53.4 Å². The summed E-state index contributed by atoms with van der Waals surface area (Å²) in [5.74, 6) is 0. The highest BCUT2D eigenvalue weighted by Gasteiger charge is 2.16. The first-order valence-corrected chi connectivity index (χ1v) is 11.0. The number of rotatable bonds is 7. The summed E-state index contributed by atoms with van der Waals surface area (Å²) in [7, 11) is -3.56. The molecule has 0 amide bonds. The third-order valence-corrected chi connectivity index (χ3v) is 6.68. The molecule has 1 fully saturated rings. The van der Waals surface area contributed by atoms with Crippen LogP contribution in [-0.2, 0) is 16.4 Å². The molecule has 0 spiro atoms. The molecule has 0 radical (unpaired) electrons. The summed E-state index contributed by atoms with van der Waals surface area (Å²) < 4.78 is 27.2. The highest BCUT2D eigenvalue weighted by molar-refractivity contribution is 7.89. The van der Waals surface area contributed by atoms with Gasteiger partial charge in [0, 0.05) is 25.3 Å². The molecule has 2 aromatic rings. The number of nitrogens with one attached hydrogen (secondary N) is 1. The lowest BCUT2D eigenvalue weighted by Crippen LogP contribution is -2.29. The molecule has 2 aromatic carbocycles. The van der Waals surface area contributed by atoms with E-state index in [0.717, 1.165) is 25.9 Å². The van der Waals surface area contributed by atoms with E-state index in [2.05, 4.69) is 33.9 Å². The van der Waals surface area contributed by atoms with E-state index in [1.165, 1.54) is 36.6 Å².